The molecule has 0 spiro atoms. The number of piperidine rings is 1. The molecule has 1 atom stereocenters. The lowest BCUT2D eigenvalue weighted by Crippen LogP contribution is -2.51. The van der Waals surface area contributed by atoms with Gasteiger partial charge in [-0.1, -0.05) is 6.07 Å². The van der Waals surface area contributed by atoms with Gasteiger partial charge >= 0.3 is 0 Å². The second kappa shape index (κ2) is 5.42. The molecule has 1 amide bonds. The number of methoxy groups -OCH3 is 1. The van der Waals surface area contributed by atoms with Gasteiger partial charge in [-0.05, 0) is 37.0 Å². The van der Waals surface area contributed by atoms with Gasteiger partial charge in [0.15, 0.2) is 0 Å². The van der Waals surface area contributed by atoms with Crippen LogP contribution in [-0.4, -0.2) is 43.2 Å². The Hall–Kier alpha value is -1.59. The van der Waals surface area contributed by atoms with Crippen LogP contribution in [0, 0.1) is 0 Å². The van der Waals surface area contributed by atoms with Crippen molar-refractivity contribution in [1.29, 1.82) is 0 Å². The Morgan fingerprint density at radius 3 is 2.80 bits per heavy atom. The summed E-state index contributed by atoms with van der Waals surface area (Å²) in [7, 11) is 1.76. The van der Waals surface area contributed by atoms with Crippen molar-refractivity contribution in [1.82, 2.24) is 4.90 Å². The van der Waals surface area contributed by atoms with E-state index in [9.17, 15) is 4.79 Å². The SMILES string of the molecule is COC1CCN(C2Cc3ccc(N)cc3NC2=O)CC1. The van der Waals surface area contributed by atoms with E-state index in [4.69, 9.17) is 10.5 Å². The first-order valence-electron chi connectivity index (χ1n) is 7.13. The summed E-state index contributed by atoms with van der Waals surface area (Å²) < 4.78 is 5.38. The zero-order valence-electron chi connectivity index (χ0n) is 11.8. The molecule has 2 aliphatic rings. The minimum atomic E-state index is -0.0658. The van der Waals surface area contributed by atoms with Crippen LogP contribution in [0.25, 0.3) is 0 Å². The quantitative estimate of drug-likeness (QED) is 0.797. The summed E-state index contributed by atoms with van der Waals surface area (Å²) in [4.78, 5) is 14.6. The summed E-state index contributed by atoms with van der Waals surface area (Å²) >= 11 is 0. The number of nitrogens with one attached hydrogen (secondary N) is 1. The molecule has 0 bridgehead atoms. The van der Waals surface area contributed by atoms with Gasteiger partial charge in [0.25, 0.3) is 0 Å². The number of ether oxygens (including phenoxy) is 1. The number of benzene rings is 1. The first-order chi connectivity index (χ1) is 9.67. The van der Waals surface area contributed by atoms with Crippen LogP contribution in [0.3, 0.4) is 0 Å². The zero-order valence-corrected chi connectivity index (χ0v) is 11.8. The third kappa shape index (κ3) is 2.51. The minimum absolute atomic E-state index is 0.0658. The van der Waals surface area contributed by atoms with E-state index in [0.717, 1.165) is 43.6 Å². The summed E-state index contributed by atoms with van der Waals surface area (Å²) in [5, 5.41) is 2.98. The van der Waals surface area contributed by atoms with E-state index in [0.29, 0.717) is 11.8 Å². The van der Waals surface area contributed by atoms with Gasteiger partial charge < -0.3 is 15.8 Å². The maximum absolute atomic E-state index is 12.3. The smallest absolute Gasteiger partial charge is 0.242 e. The summed E-state index contributed by atoms with van der Waals surface area (Å²) in [5.41, 5.74) is 8.47. The first-order valence-corrected chi connectivity index (χ1v) is 7.13. The summed E-state index contributed by atoms with van der Waals surface area (Å²) in [6.07, 6.45) is 3.09. The minimum Gasteiger partial charge on any atom is -0.399 e. The number of likely N-dealkylation sites (tertiary alicyclic amines) is 1. The van der Waals surface area contributed by atoms with Crippen LogP contribution >= 0.6 is 0 Å². The van der Waals surface area contributed by atoms with E-state index in [1.54, 1.807) is 7.11 Å². The number of nitrogens with zero attached hydrogens (tertiary/aromatic N) is 1. The molecule has 1 aromatic rings. The molecular formula is C15H21N3O2. The second-order valence-corrected chi connectivity index (χ2v) is 5.60. The van der Waals surface area contributed by atoms with E-state index in [1.807, 2.05) is 18.2 Å². The van der Waals surface area contributed by atoms with Crippen molar-refractivity contribution >= 4 is 17.3 Å². The van der Waals surface area contributed by atoms with Crippen molar-refractivity contribution in [3.05, 3.63) is 23.8 Å². The van der Waals surface area contributed by atoms with E-state index in [2.05, 4.69) is 10.2 Å². The molecule has 1 aromatic carbocycles. The fourth-order valence-corrected chi connectivity index (χ4v) is 3.12. The number of carbonyl (C=O) groups excluding carboxylic acids is 1. The van der Waals surface area contributed by atoms with Gasteiger partial charge in [-0.3, -0.25) is 9.69 Å². The Labute approximate surface area is 119 Å². The maximum atomic E-state index is 12.3. The van der Waals surface area contributed by atoms with Gasteiger partial charge in [0.05, 0.1) is 12.1 Å². The molecule has 3 rings (SSSR count). The Kier molecular flexibility index (Phi) is 3.63. The van der Waals surface area contributed by atoms with Crippen LogP contribution in [0.4, 0.5) is 11.4 Å². The Bertz CT molecular complexity index is 510. The van der Waals surface area contributed by atoms with E-state index in [-0.39, 0.29) is 11.9 Å². The molecule has 2 aliphatic heterocycles. The lowest BCUT2D eigenvalue weighted by atomic mass is 9.95. The molecule has 5 heteroatoms. The molecular weight excluding hydrogens is 254 g/mol. The lowest BCUT2D eigenvalue weighted by molar-refractivity contribution is -0.122. The molecule has 5 nitrogen and oxygen atoms in total. The normalized spacial score (nSPS) is 24.2. The molecule has 1 saturated heterocycles. The number of nitrogen functional groups attached to an aromatic ring is 1. The van der Waals surface area contributed by atoms with Gasteiger partial charge in [0.2, 0.25) is 5.91 Å². The van der Waals surface area contributed by atoms with Crippen LogP contribution in [0.5, 0.6) is 0 Å². The monoisotopic (exact) mass is 275 g/mol. The molecule has 2 heterocycles. The Morgan fingerprint density at radius 2 is 2.10 bits per heavy atom. The van der Waals surface area contributed by atoms with Crippen LogP contribution in [0.15, 0.2) is 18.2 Å². The fraction of sp³-hybridized carbons (Fsp3) is 0.533. The van der Waals surface area contributed by atoms with Crippen LogP contribution in [-0.2, 0) is 16.0 Å². The number of carbonyl (C=O) groups is 1. The van der Waals surface area contributed by atoms with E-state index in [1.165, 1.54) is 0 Å². The van der Waals surface area contributed by atoms with Crippen LogP contribution < -0.4 is 11.1 Å². The molecule has 0 aliphatic carbocycles. The number of hydrogen-bond donors (Lipinski definition) is 2. The average Bonchev–Trinajstić information content (AvgIpc) is 2.46. The molecule has 1 fully saturated rings. The van der Waals surface area contributed by atoms with Crippen LogP contribution in [0.1, 0.15) is 18.4 Å². The molecule has 1 unspecified atom stereocenters. The number of fused-ring (bicyclic) bond motifs is 1. The molecule has 108 valence electrons. The maximum Gasteiger partial charge on any atom is 0.242 e. The van der Waals surface area contributed by atoms with Gasteiger partial charge in [-0.2, -0.15) is 0 Å². The summed E-state index contributed by atoms with van der Waals surface area (Å²) in [5.74, 6) is 0.0824. The highest BCUT2D eigenvalue weighted by Crippen LogP contribution is 2.28. The summed E-state index contributed by atoms with van der Waals surface area (Å²) in [6.45, 7) is 1.84. The standard InChI is InChI=1S/C15H21N3O2/c1-20-12-4-6-18(7-5-12)14-8-10-2-3-11(16)9-13(10)17-15(14)19/h2-3,9,12,14H,4-8,16H2,1H3,(H,17,19). The number of rotatable bonds is 2. The fourth-order valence-electron chi connectivity index (χ4n) is 3.12. The van der Waals surface area contributed by atoms with Crippen LogP contribution in [0.2, 0.25) is 0 Å². The van der Waals surface area contributed by atoms with Crippen molar-refractivity contribution in [2.45, 2.75) is 31.4 Å². The highest BCUT2D eigenvalue weighted by molar-refractivity contribution is 5.98. The third-order valence-electron chi connectivity index (χ3n) is 4.36. The largest absolute Gasteiger partial charge is 0.399 e. The van der Waals surface area contributed by atoms with Gasteiger partial charge in [-0.15, -0.1) is 0 Å². The molecule has 20 heavy (non-hydrogen) atoms. The third-order valence-corrected chi connectivity index (χ3v) is 4.36. The highest BCUT2D eigenvalue weighted by Gasteiger charge is 2.33. The Balaban J connectivity index is 1.73. The lowest BCUT2D eigenvalue weighted by Gasteiger charge is -2.38. The van der Waals surface area contributed by atoms with Gasteiger partial charge in [0, 0.05) is 31.6 Å². The topological polar surface area (TPSA) is 67.6 Å². The first kappa shape index (κ1) is 13.4. The number of anilines is 2. The number of amides is 1. The van der Waals surface area contributed by atoms with Crippen molar-refractivity contribution < 1.29 is 9.53 Å². The molecule has 0 radical (unpaired) electrons. The van der Waals surface area contributed by atoms with Gasteiger partial charge in [0.1, 0.15) is 0 Å². The van der Waals surface area contributed by atoms with Crippen molar-refractivity contribution in [3.63, 3.8) is 0 Å². The van der Waals surface area contributed by atoms with E-state index >= 15 is 0 Å². The average molecular weight is 275 g/mol. The second-order valence-electron chi connectivity index (χ2n) is 5.60. The predicted octanol–water partition coefficient (Wildman–Crippen LogP) is 1.24. The number of hydrogen-bond acceptors (Lipinski definition) is 4. The van der Waals surface area contributed by atoms with E-state index < -0.39 is 0 Å². The van der Waals surface area contributed by atoms with Crippen molar-refractivity contribution in [2.24, 2.45) is 0 Å². The number of nitrogens with two attached hydrogens (primary N) is 1. The highest BCUT2D eigenvalue weighted by atomic mass is 16.5. The van der Waals surface area contributed by atoms with Crippen molar-refractivity contribution in [3.8, 4) is 0 Å². The van der Waals surface area contributed by atoms with Gasteiger partial charge in [-0.25, -0.2) is 0 Å². The molecule has 0 saturated carbocycles. The molecule has 0 aromatic heterocycles. The zero-order chi connectivity index (χ0) is 14.1. The Morgan fingerprint density at radius 1 is 1.35 bits per heavy atom. The van der Waals surface area contributed by atoms with Crippen molar-refractivity contribution in [2.75, 3.05) is 31.2 Å². The summed E-state index contributed by atoms with van der Waals surface area (Å²) in [6, 6.07) is 5.67. The predicted molar refractivity (Wildman–Crippen MR) is 78.6 cm³/mol. The molecule has 3 N–H and O–H groups in total.